The molecular formula is C25H25NO4S. The van der Waals surface area contributed by atoms with Gasteiger partial charge in [0.1, 0.15) is 12.4 Å². The number of hydrogen-bond acceptors (Lipinski definition) is 5. The summed E-state index contributed by atoms with van der Waals surface area (Å²) in [5.74, 6) is 1.56. The highest BCUT2D eigenvalue weighted by Crippen LogP contribution is 2.41. The summed E-state index contributed by atoms with van der Waals surface area (Å²) in [5, 5.41) is 9.09. The van der Waals surface area contributed by atoms with E-state index in [2.05, 4.69) is 19.9 Å². The Morgan fingerprint density at radius 1 is 1.16 bits per heavy atom. The van der Waals surface area contributed by atoms with Crippen LogP contribution in [0.25, 0.3) is 11.3 Å². The van der Waals surface area contributed by atoms with E-state index >= 15 is 0 Å². The van der Waals surface area contributed by atoms with E-state index in [1.54, 1.807) is 18.9 Å². The topological polar surface area (TPSA) is 68.7 Å². The van der Waals surface area contributed by atoms with Crippen molar-refractivity contribution < 1.29 is 19.4 Å². The van der Waals surface area contributed by atoms with Gasteiger partial charge in [0.25, 0.3) is 0 Å². The number of carboxylic acids is 1. The maximum atomic E-state index is 11.1. The first-order valence-electron chi connectivity index (χ1n) is 10.2. The number of carbonyl (C=O) groups is 1. The predicted octanol–water partition coefficient (Wildman–Crippen LogP) is 5.62. The molecule has 3 aromatic rings. The Hall–Kier alpha value is -2.99. The number of aromatic nitrogens is 1. The summed E-state index contributed by atoms with van der Waals surface area (Å²) in [5.41, 5.74) is 6.34. The molecule has 2 aromatic carbocycles. The molecule has 0 fully saturated rings. The number of methoxy groups -OCH3 is 1. The van der Waals surface area contributed by atoms with E-state index in [1.807, 2.05) is 42.5 Å². The molecule has 0 aliphatic carbocycles. The molecule has 0 spiro atoms. The summed E-state index contributed by atoms with van der Waals surface area (Å²) in [6.45, 7) is 4.52. The standard InChI is InChI=1S/C25H25NO4S/c1-15-9-19(29-3)10-16(2)25(15)21-5-4-6-23(26-21)30-13-17-7-8-20-18(12-24(27)28)14-31-22(20)11-17/h4-11,18H,12-14H2,1-3H3,(H,27,28). The monoisotopic (exact) mass is 435 g/mol. The van der Waals surface area contributed by atoms with Crippen LogP contribution in [0.3, 0.4) is 0 Å². The van der Waals surface area contributed by atoms with E-state index in [1.165, 1.54) is 0 Å². The minimum atomic E-state index is -0.751. The Kier molecular flexibility index (Phi) is 6.18. The molecule has 0 radical (unpaired) electrons. The van der Waals surface area contributed by atoms with Gasteiger partial charge in [-0.1, -0.05) is 18.2 Å². The van der Waals surface area contributed by atoms with Crippen molar-refractivity contribution >= 4 is 17.7 Å². The lowest BCUT2D eigenvalue weighted by molar-refractivity contribution is -0.137. The third kappa shape index (κ3) is 4.69. The molecule has 160 valence electrons. The van der Waals surface area contributed by atoms with Crippen LogP contribution in [-0.2, 0) is 11.4 Å². The van der Waals surface area contributed by atoms with Gasteiger partial charge in [-0.3, -0.25) is 4.79 Å². The highest BCUT2D eigenvalue weighted by atomic mass is 32.2. The van der Waals surface area contributed by atoms with Crippen molar-refractivity contribution in [2.75, 3.05) is 12.9 Å². The molecule has 1 atom stereocenters. The average Bonchev–Trinajstić information content (AvgIpc) is 3.13. The third-order valence-corrected chi connectivity index (χ3v) is 6.72. The van der Waals surface area contributed by atoms with Crippen molar-refractivity contribution in [1.29, 1.82) is 0 Å². The third-order valence-electron chi connectivity index (χ3n) is 5.49. The summed E-state index contributed by atoms with van der Waals surface area (Å²) < 4.78 is 11.4. The molecule has 0 bridgehead atoms. The van der Waals surface area contributed by atoms with Gasteiger partial charge in [0.05, 0.1) is 19.2 Å². The van der Waals surface area contributed by atoms with E-state index in [9.17, 15) is 4.79 Å². The summed E-state index contributed by atoms with van der Waals surface area (Å²) in [4.78, 5) is 16.9. The van der Waals surface area contributed by atoms with Crippen LogP contribution < -0.4 is 9.47 Å². The normalized spacial score (nSPS) is 14.9. The van der Waals surface area contributed by atoms with E-state index in [0.29, 0.717) is 12.5 Å². The van der Waals surface area contributed by atoms with Crippen LogP contribution in [-0.4, -0.2) is 28.9 Å². The number of aryl methyl sites for hydroxylation is 2. The van der Waals surface area contributed by atoms with Crippen LogP contribution in [0.1, 0.15) is 34.6 Å². The zero-order valence-electron chi connectivity index (χ0n) is 17.8. The maximum Gasteiger partial charge on any atom is 0.303 e. The number of fused-ring (bicyclic) bond motifs is 1. The lowest BCUT2D eigenvalue weighted by Crippen LogP contribution is -2.05. The molecule has 0 saturated heterocycles. The minimum Gasteiger partial charge on any atom is -0.497 e. The molecule has 31 heavy (non-hydrogen) atoms. The molecule has 1 aromatic heterocycles. The number of rotatable bonds is 7. The van der Waals surface area contributed by atoms with Gasteiger partial charge in [0, 0.05) is 28.2 Å². The molecule has 4 rings (SSSR count). The molecule has 0 amide bonds. The number of thioether (sulfide) groups is 1. The van der Waals surface area contributed by atoms with Crippen LogP contribution in [0.5, 0.6) is 11.6 Å². The minimum absolute atomic E-state index is 0.0850. The van der Waals surface area contributed by atoms with Gasteiger partial charge >= 0.3 is 5.97 Å². The van der Waals surface area contributed by atoms with Crippen LogP contribution in [0, 0.1) is 13.8 Å². The van der Waals surface area contributed by atoms with Gasteiger partial charge in [-0.25, -0.2) is 4.98 Å². The Morgan fingerprint density at radius 3 is 2.65 bits per heavy atom. The summed E-state index contributed by atoms with van der Waals surface area (Å²) in [6, 6.07) is 16.0. The van der Waals surface area contributed by atoms with Crippen molar-refractivity contribution in [3.8, 4) is 22.9 Å². The van der Waals surface area contributed by atoms with E-state index in [-0.39, 0.29) is 12.3 Å². The fourth-order valence-electron chi connectivity index (χ4n) is 4.03. The molecular weight excluding hydrogens is 410 g/mol. The number of hydrogen-bond donors (Lipinski definition) is 1. The quantitative estimate of drug-likeness (QED) is 0.520. The molecule has 0 saturated carbocycles. The number of carboxylic acid groups (broad SMARTS) is 1. The molecule has 1 unspecified atom stereocenters. The number of aliphatic carboxylic acids is 1. The fourth-order valence-corrected chi connectivity index (χ4v) is 5.34. The van der Waals surface area contributed by atoms with Crippen molar-refractivity contribution in [3.05, 3.63) is 70.8 Å². The zero-order valence-corrected chi connectivity index (χ0v) is 18.7. The van der Waals surface area contributed by atoms with Crippen LogP contribution in [0.15, 0.2) is 53.4 Å². The van der Waals surface area contributed by atoms with Gasteiger partial charge in [0.2, 0.25) is 5.88 Å². The van der Waals surface area contributed by atoms with Crippen molar-refractivity contribution in [2.24, 2.45) is 0 Å². The second kappa shape index (κ2) is 9.02. The first-order chi connectivity index (χ1) is 14.9. The number of nitrogens with zero attached hydrogens (tertiary/aromatic N) is 1. The summed E-state index contributed by atoms with van der Waals surface area (Å²) in [6.07, 6.45) is 0.177. The largest absolute Gasteiger partial charge is 0.497 e. The molecule has 1 aliphatic rings. The number of pyridine rings is 1. The highest BCUT2D eigenvalue weighted by Gasteiger charge is 2.25. The fraction of sp³-hybridized carbons (Fsp3) is 0.280. The van der Waals surface area contributed by atoms with Crippen molar-refractivity contribution in [2.45, 2.75) is 37.7 Å². The smallest absolute Gasteiger partial charge is 0.303 e. The summed E-state index contributed by atoms with van der Waals surface area (Å²) >= 11 is 1.71. The highest BCUT2D eigenvalue weighted by molar-refractivity contribution is 7.99. The lowest BCUT2D eigenvalue weighted by atomic mass is 9.97. The molecule has 2 heterocycles. The van der Waals surface area contributed by atoms with Crippen LogP contribution in [0.4, 0.5) is 0 Å². The first-order valence-corrected chi connectivity index (χ1v) is 11.2. The van der Waals surface area contributed by atoms with E-state index in [4.69, 9.17) is 19.6 Å². The molecule has 6 heteroatoms. The number of benzene rings is 2. The van der Waals surface area contributed by atoms with Crippen LogP contribution >= 0.6 is 11.8 Å². The number of ether oxygens (including phenoxy) is 2. The molecule has 1 aliphatic heterocycles. The second-order valence-corrected chi connectivity index (χ2v) is 8.83. The van der Waals surface area contributed by atoms with Gasteiger partial charge in [-0.05, 0) is 60.4 Å². The summed E-state index contributed by atoms with van der Waals surface area (Å²) in [7, 11) is 1.67. The Bertz CT molecular complexity index is 1110. The van der Waals surface area contributed by atoms with E-state index in [0.717, 1.165) is 49.9 Å². The van der Waals surface area contributed by atoms with Gasteiger partial charge in [0.15, 0.2) is 0 Å². The van der Waals surface area contributed by atoms with Gasteiger partial charge < -0.3 is 14.6 Å². The Labute approximate surface area is 186 Å². The van der Waals surface area contributed by atoms with Crippen LogP contribution in [0.2, 0.25) is 0 Å². The molecule has 5 nitrogen and oxygen atoms in total. The van der Waals surface area contributed by atoms with Crippen molar-refractivity contribution in [3.63, 3.8) is 0 Å². The average molecular weight is 436 g/mol. The first kappa shape index (κ1) is 21.2. The second-order valence-electron chi connectivity index (χ2n) is 7.76. The van der Waals surface area contributed by atoms with Gasteiger partial charge in [-0.15, -0.1) is 11.8 Å². The Morgan fingerprint density at radius 2 is 1.94 bits per heavy atom. The molecule has 1 N–H and O–H groups in total. The zero-order chi connectivity index (χ0) is 22.0. The Balaban J connectivity index is 1.49. The SMILES string of the molecule is COc1cc(C)c(-c2cccc(OCc3ccc4c(c3)SCC4CC(=O)O)n2)c(C)c1. The van der Waals surface area contributed by atoms with Crippen molar-refractivity contribution in [1.82, 2.24) is 4.98 Å². The van der Waals surface area contributed by atoms with Gasteiger partial charge in [-0.2, -0.15) is 0 Å². The predicted molar refractivity (Wildman–Crippen MR) is 122 cm³/mol. The lowest BCUT2D eigenvalue weighted by Gasteiger charge is -2.13. The maximum absolute atomic E-state index is 11.1. The van der Waals surface area contributed by atoms with E-state index < -0.39 is 5.97 Å².